The molecule has 4 nitrogen and oxygen atoms in total. The second-order valence-corrected chi connectivity index (χ2v) is 6.03. The molecule has 1 saturated carbocycles. The number of fused-ring (bicyclic) bond motifs is 1. The number of halogens is 2. The van der Waals surface area contributed by atoms with Gasteiger partial charge in [0.05, 0.1) is 6.20 Å². The third-order valence-corrected chi connectivity index (χ3v) is 4.01. The molecule has 0 unspecified atom stereocenters. The van der Waals surface area contributed by atoms with Crippen molar-refractivity contribution in [2.45, 2.75) is 18.8 Å². The Morgan fingerprint density at radius 3 is 2.81 bits per heavy atom. The molecule has 106 valence electrons. The lowest BCUT2D eigenvalue weighted by atomic mass is 10.2. The maximum Gasteiger partial charge on any atom is 0.162 e. The summed E-state index contributed by atoms with van der Waals surface area (Å²) in [5, 5.41) is 8.86. The maximum atomic E-state index is 6.16. The van der Waals surface area contributed by atoms with Crippen LogP contribution >= 0.6 is 23.2 Å². The van der Waals surface area contributed by atoms with E-state index in [1.807, 2.05) is 30.5 Å². The minimum absolute atomic E-state index is 0.453. The SMILES string of the molecule is Clc1cccc(Nc2cc(Cl)nc3c(C4CC4)cnn23)c1. The molecule has 4 rings (SSSR count). The van der Waals surface area contributed by atoms with E-state index in [0.717, 1.165) is 17.2 Å². The number of hydrogen-bond donors (Lipinski definition) is 1. The molecule has 1 fully saturated rings. The van der Waals surface area contributed by atoms with Gasteiger partial charge in [-0.25, -0.2) is 4.98 Å². The molecule has 0 radical (unpaired) electrons. The van der Waals surface area contributed by atoms with Crippen LogP contribution in [0.15, 0.2) is 36.5 Å². The van der Waals surface area contributed by atoms with Crippen molar-refractivity contribution < 1.29 is 0 Å². The Hall–Kier alpha value is -1.78. The average Bonchev–Trinajstić information content (AvgIpc) is 3.19. The lowest BCUT2D eigenvalue weighted by molar-refractivity contribution is 0.947. The molecule has 2 aromatic heterocycles. The van der Waals surface area contributed by atoms with Crippen molar-refractivity contribution in [3.05, 3.63) is 52.3 Å². The first-order chi connectivity index (χ1) is 10.2. The van der Waals surface area contributed by atoms with Gasteiger partial charge >= 0.3 is 0 Å². The second kappa shape index (κ2) is 4.90. The zero-order chi connectivity index (χ0) is 14.4. The van der Waals surface area contributed by atoms with Gasteiger partial charge in [-0.2, -0.15) is 9.61 Å². The molecular formula is C15H12Cl2N4. The summed E-state index contributed by atoms with van der Waals surface area (Å²) in [6, 6.07) is 9.29. The van der Waals surface area contributed by atoms with Gasteiger partial charge < -0.3 is 5.32 Å². The van der Waals surface area contributed by atoms with Crippen LogP contribution in [-0.2, 0) is 0 Å². The van der Waals surface area contributed by atoms with Crippen molar-refractivity contribution in [3.8, 4) is 0 Å². The third kappa shape index (κ3) is 2.45. The predicted octanol–water partition coefficient (Wildman–Crippen LogP) is 4.66. The fraction of sp³-hybridized carbons (Fsp3) is 0.200. The highest BCUT2D eigenvalue weighted by Gasteiger charge is 2.28. The summed E-state index contributed by atoms with van der Waals surface area (Å²) in [6.07, 6.45) is 4.29. The van der Waals surface area contributed by atoms with E-state index in [4.69, 9.17) is 23.2 Å². The summed E-state index contributed by atoms with van der Waals surface area (Å²) >= 11 is 12.2. The standard InChI is InChI=1S/C15H12Cl2N4/c16-10-2-1-3-11(6-10)19-14-7-13(17)20-15-12(9-4-5-9)8-18-21(14)15/h1-3,6-9,19H,4-5H2. The van der Waals surface area contributed by atoms with E-state index < -0.39 is 0 Å². The third-order valence-electron chi connectivity index (χ3n) is 3.58. The molecule has 1 aliphatic rings. The van der Waals surface area contributed by atoms with Crippen LogP contribution in [0.1, 0.15) is 24.3 Å². The molecule has 0 aliphatic heterocycles. The molecule has 1 N–H and O–H groups in total. The number of nitrogens with one attached hydrogen (secondary N) is 1. The molecule has 2 heterocycles. The minimum Gasteiger partial charge on any atom is -0.340 e. The largest absolute Gasteiger partial charge is 0.340 e. The second-order valence-electron chi connectivity index (χ2n) is 5.21. The predicted molar refractivity (Wildman–Crippen MR) is 84.7 cm³/mol. The lowest BCUT2D eigenvalue weighted by Gasteiger charge is -2.09. The fourth-order valence-electron chi connectivity index (χ4n) is 2.44. The maximum absolute atomic E-state index is 6.16. The highest BCUT2D eigenvalue weighted by Crippen LogP contribution is 2.42. The van der Waals surface area contributed by atoms with Gasteiger partial charge in [-0.05, 0) is 37.0 Å². The fourth-order valence-corrected chi connectivity index (χ4v) is 2.81. The van der Waals surface area contributed by atoms with E-state index in [-0.39, 0.29) is 0 Å². The first-order valence-electron chi connectivity index (χ1n) is 6.77. The summed E-state index contributed by atoms with van der Waals surface area (Å²) in [6.45, 7) is 0. The van der Waals surface area contributed by atoms with E-state index in [1.165, 1.54) is 18.4 Å². The molecule has 6 heteroatoms. The highest BCUT2D eigenvalue weighted by atomic mass is 35.5. The Morgan fingerprint density at radius 1 is 1.19 bits per heavy atom. The summed E-state index contributed by atoms with van der Waals surface area (Å²) in [5.41, 5.74) is 2.88. The van der Waals surface area contributed by atoms with Crippen molar-refractivity contribution in [2.75, 3.05) is 5.32 Å². The number of anilines is 2. The Labute approximate surface area is 131 Å². The monoisotopic (exact) mass is 318 g/mol. The van der Waals surface area contributed by atoms with Crippen molar-refractivity contribution in [3.63, 3.8) is 0 Å². The number of nitrogens with zero attached hydrogens (tertiary/aromatic N) is 3. The van der Waals surface area contributed by atoms with Crippen molar-refractivity contribution in [2.24, 2.45) is 0 Å². The van der Waals surface area contributed by atoms with Gasteiger partial charge in [0.25, 0.3) is 0 Å². The summed E-state index contributed by atoms with van der Waals surface area (Å²) in [7, 11) is 0. The van der Waals surface area contributed by atoms with Crippen LogP contribution in [0, 0.1) is 0 Å². The molecular weight excluding hydrogens is 307 g/mol. The quantitative estimate of drug-likeness (QED) is 0.714. The minimum atomic E-state index is 0.453. The van der Waals surface area contributed by atoms with Gasteiger partial charge in [-0.1, -0.05) is 29.3 Å². The molecule has 0 spiro atoms. The van der Waals surface area contributed by atoms with Gasteiger partial charge in [-0.15, -0.1) is 0 Å². The molecule has 0 bridgehead atoms. The summed E-state index contributed by atoms with van der Waals surface area (Å²) < 4.78 is 1.79. The van der Waals surface area contributed by atoms with Crippen LogP contribution in [0.5, 0.6) is 0 Å². The number of hydrogen-bond acceptors (Lipinski definition) is 3. The Kier molecular flexibility index (Phi) is 3.01. The van der Waals surface area contributed by atoms with Crippen LogP contribution in [0.3, 0.4) is 0 Å². The van der Waals surface area contributed by atoms with Gasteiger partial charge in [0.15, 0.2) is 5.65 Å². The van der Waals surface area contributed by atoms with Gasteiger partial charge in [0, 0.05) is 22.3 Å². The molecule has 1 aromatic carbocycles. The van der Waals surface area contributed by atoms with Crippen LogP contribution in [0.4, 0.5) is 11.5 Å². The topological polar surface area (TPSA) is 42.2 Å². The van der Waals surface area contributed by atoms with Crippen LogP contribution < -0.4 is 5.32 Å². The summed E-state index contributed by atoms with van der Waals surface area (Å²) in [4.78, 5) is 4.42. The van der Waals surface area contributed by atoms with E-state index in [9.17, 15) is 0 Å². The molecule has 0 amide bonds. The van der Waals surface area contributed by atoms with Gasteiger partial charge in [0.1, 0.15) is 11.0 Å². The highest BCUT2D eigenvalue weighted by molar-refractivity contribution is 6.31. The smallest absolute Gasteiger partial charge is 0.162 e. The first-order valence-corrected chi connectivity index (χ1v) is 7.53. The Bertz CT molecular complexity index is 824. The molecule has 21 heavy (non-hydrogen) atoms. The lowest BCUT2D eigenvalue weighted by Crippen LogP contribution is -2.01. The Morgan fingerprint density at radius 2 is 2.05 bits per heavy atom. The average molecular weight is 319 g/mol. The molecule has 0 saturated heterocycles. The first kappa shape index (κ1) is 12.9. The molecule has 3 aromatic rings. The summed E-state index contributed by atoms with van der Waals surface area (Å²) in [5.74, 6) is 1.35. The zero-order valence-corrected chi connectivity index (χ0v) is 12.6. The van der Waals surface area contributed by atoms with E-state index in [0.29, 0.717) is 16.1 Å². The van der Waals surface area contributed by atoms with Crippen LogP contribution in [0.2, 0.25) is 10.2 Å². The van der Waals surface area contributed by atoms with E-state index in [2.05, 4.69) is 15.4 Å². The number of benzene rings is 1. The van der Waals surface area contributed by atoms with Crippen molar-refractivity contribution in [1.29, 1.82) is 0 Å². The van der Waals surface area contributed by atoms with Crippen molar-refractivity contribution in [1.82, 2.24) is 14.6 Å². The van der Waals surface area contributed by atoms with Crippen LogP contribution in [0.25, 0.3) is 5.65 Å². The van der Waals surface area contributed by atoms with E-state index in [1.54, 1.807) is 10.6 Å². The zero-order valence-electron chi connectivity index (χ0n) is 11.1. The van der Waals surface area contributed by atoms with Crippen LogP contribution in [-0.4, -0.2) is 14.6 Å². The number of aromatic nitrogens is 3. The normalized spacial score (nSPS) is 14.6. The molecule has 1 aliphatic carbocycles. The number of rotatable bonds is 3. The van der Waals surface area contributed by atoms with Crippen molar-refractivity contribution >= 4 is 40.4 Å². The Balaban J connectivity index is 1.80. The van der Waals surface area contributed by atoms with Gasteiger partial charge in [0.2, 0.25) is 0 Å². The molecule has 0 atom stereocenters. The van der Waals surface area contributed by atoms with Gasteiger partial charge in [-0.3, -0.25) is 0 Å². The van der Waals surface area contributed by atoms with E-state index >= 15 is 0 Å².